The third-order valence-electron chi connectivity index (χ3n) is 5.81. The zero-order chi connectivity index (χ0) is 18.2. The van der Waals surface area contributed by atoms with E-state index < -0.39 is 0 Å². The Balaban J connectivity index is 1.84. The molecular weight excluding hydrogens is 328 g/mol. The summed E-state index contributed by atoms with van der Waals surface area (Å²) in [5.41, 5.74) is 10.4. The van der Waals surface area contributed by atoms with Crippen LogP contribution in [0.3, 0.4) is 0 Å². The van der Waals surface area contributed by atoms with Gasteiger partial charge in [0, 0.05) is 10.6 Å². The number of nitrogens with two attached hydrogens (primary N) is 1. The number of aryl methyl sites for hydroxylation is 1. The number of carbonyl (C=O) groups is 1. The molecular formula is C21H28N2OS. The first-order chi connectivity index (χ1) is 11.8. The van der Waals surface area contributed by atoms with Crippen molar-refractivity contribution in [1.29, 1.82) is 0 Å². The van der Waals surface area contributed by atoms with Gasteiger partial charge < -0.3 is 11.1 Å². The summed E-state index contributed by atoms with van der Waals surface area (Å²) in [5.74, 6) is 0.588. The van der Waals surface area contributed by atoms with Crippen LogP contribution in [0.2, 0.25) is 0 Å². The molecule has 3 N–H and O–H groups in total. The first-order valence-electron chi connectivity index (χ1n) is 9.10. The molecule has 0 fully saturated rings. The molecule has 1 atom stereocenters. The third kappa shape index (κ3) is 3.59. The van der Waals surface area contributed by atoms with Gasteiger partial charge in [-0.25, -0.2) is 0 Å². The van der Waals surface area contributed by atoms with Gasteiger partial charge in [-0.3, -0.25) is 4.79 Å². The van der Waals surface area contributed by atoms with Gasteiger partial charge in [0.15, 0.2) is 0 Å². The summed E-state index contributed by atoms with van der Waals surface area (Å²) in [5, 5.41) is 3.67. The summed E-state index contributed by atoms with van der Waals surface area (Å²) >= 11 is 1.61. The lowest BCUT2D eigenvalue weighted by atomic mass is 9.69. The van der Waals surface area contributed by atoms with Gasteiger partial charge in [0.1, 0.15) is 0 Å². The van der Waals surface area contributed by atoms with Crippen LogP contribution in [-0.4, -0.2) is 5.91 Å². The van der Waals surface area contributed by atoms with Crippen LogP contribution in [0.25, 0.3) is 0 Å². The number of thiophene rings is 1. The molecule has 0 aliphatic heterocycles. The Labute approximate surface area is 154 Å². The largest absolute Gasteiger partial charge is 0.390 e. The minimum Gasteiger partial charge on any atom is -0.390 e. The predicted octanol–water partition coefficient (Wildman–Crippen LogP) is 5.43. The predicted molar refractivity (Wildman–Crippen MR) is 107 cm³/mol. The van der Waals surface area contributed by atoms with E-state index in [1.807, 2.05) is 31.2 Å². The summed E-state index contributed by atoms with van der Waals surface area (Å²) < 4.78 is 0. The van der Waals surface area contributed by atoms with Crippen molar-refractivity contribution >= 4 is 27.9 Å². The lowest BCUT2D eigenvalue weighted by Crippen LogP contribution is -2.29. The summed E-state index contributed by atoms with van der Waals surface area (Å²) in [4.78, 5) is 14.1. The molecule has 2 aromatic rings. The molecule has 1 aromatic carbocycles. The monoisotopic (exact) mass is 356 g/mol. The van der Waals surface area contributed by atoms with Gasteiger partial charge in [-0.05, 0) is 60.8 Å². The van der Waals surface area contributed by atoms with E-state index in [4.69, 9.17) is 5.73 Å². The van der Waals surface area contributed by atoms with Crippen molar-refractivity contribution in [1.82, 2.24) is 0 Å². The van der Waals surface area contributed by atoms with Gasteiger partial charge in [-0.2, -0.15) is 0 Å². The van der Waals surface area contributed by atoms with Crippen LogP contribution >= 0.6 is 11.3 Å². The molecule has 0 bridgehead atoms. The Morgan fingerprint density at radius 2 is 2.16 bits per heavy atom. The van der Waals surface area contributed by atoms with E-state index >= 15 is 0 Å². The zero-order valence-corrected chi connectivity index (χ0v) is 16.4. The number of benzene rings is 1. The number of hydrogen-bond donors (Lipinski definition) is 2. The second-order valence-corrected chi connectivity index (χ2v) is 8.99. The van der Waals surface area contributed by atoms with E-state index in [1.54, 1.807) is 11.3 Å². The number of anilines is 2. The molecule has 1 aliphatic carbocycles. The van der Waals surface area contributed by atoms with Gasteiger partial charge in [-0.15, -0.1) is 11.3 Å². The highest BCUT2D eigenvalue weighted by Crippen LogP contribution is 2.44. The molecule has 0 spiro atoms. The van der Waals surface area contributed by atoms with Crippen molar-refractivity contribution in [2.24, 2.45) is 11.3 Å². The smallest absolute Gasteiger partial charge is 0.258 e. The average molecular weight is 357 g/mol. The van der Waals surface area contributed by atoms with E-state index in [2.05, 4.69) is 26.1 Å². The lowest BCUT2D eigenvalue weighted by Gasteiger charge is -2.36. The second-order valence-electron chi connectivity index (χ2n) is 7.85. The van der Waals surface area contributed by atoms with Crippen LogP contribution in [0.4, 0.5) is 10.7 Å². The van der Waals surface area contributed by atoms with Crippen LogP contribution in [0.15, 0.2) is 24.3 Å². The molecule has 1 heterocycles. The molecule has 1 aromatic heterocycles. The quantitative estimate of drug-likeness (QED) is 0.767. The van der Waals surface area contributed by atoms with Gasteiger partial charge >= 0.3 is 0 Å². The Morgan fingerprint density at radius 3 is 2.84 bits per heavy atom. The van der Waals surface area contributed by atoms with Crippen molar-refractivity contribution in [3.63, 3.8) is 0 Å². The number of fused-ring (bicyclic) bond motifs is 1. The van der Waals surface area contributed by atoms with E-state index in [0.717, 1.165) is 30.5 Å². The fourth-order valence-corrected chi connectivity index (χ4v) is 4.92. The van der Waals surface area contributed by atoms with Gasteiger partial charge in [0.05, 0.1) is 10.6 Å². The minimum absolute atomic E-state index is 0.0752. The van der Waals surface area contributed by atoms with Crippen LogP contribution < -0.4 is 11.1 Å². The zero-order valence-electron chi connectivity index (χ0n) is 15.6. The fourth-order valence-electron chi connectivity index (χ4n) is 3.73. The van der Waals surface area contributed by atoms with Gasteiger partial charge in [0.25, 0.3) is 5.91 Å². The Hall–Kier alpha value is -1.81. The maximum atomic E-state index is 12.8. The number of amides is 1. The van der Waals surface area contributed by atoms with Gasteiger partial charge in [-0.1, -0.05) is 39.3 Å². The molecule has 25 heavy (non-hydrogen) atoms. The van der Waals surface area contributed by atoms with Crippen LogP contribution in [0, 0.1) is 18.3 Å². The highest BCUT2D eigenvalue weighted by atomic mass is 32.1. The van der Waals surface area contributed by atoms with Crippen molar-refractivity contribution in [2.75, 3.05) is 11.1 Å². The van der Waals surface area contributed by atoms with E-state index in [1.165, 1.54) is 16.9 Å². The standard InChI is InChI=1S/C21H28N2OS/c1-5-21(3,4)14-9-10-16-17(12-14)25-19(22)18(16)20(24)23-15-8-6-7-13(2)11-15/h6-8,11,14H,5,9-10,12,22H2,1-4H3,(H,23,24). The molecule has 1 amide bonds. The molecule has 1 aliphatic rings. The summed E-state index contributed by atoms with van der Waals surface area (Å²) in [6, 6.07) is 7.87. The molecule has 3 nitrogen and oxygen atoms in total. The minimum atomic E-state index is -0.0752. The van der Waals surface area contributed by atoms with Crippen molar-refractivity contribution in [3.8, 4) is 0 Å². The highest BCUT2D eigenvalue weighted by molar-refractivity contribution is 7.16. The molecule has 0 saturated heterocycles. The van der Waals surface area contributed by atoms with E-state index in [0.29, 0.717) is 21.9 Å². The van der Waals surface area contributed by atoms with E-state index in [-0.39, 0.29) is 5.91 Å². The van der Waals surface area contributed by atoms with Crippen LogP contribution in [-0.2, 0) is 12.8 Å². The van der Waals surface area contributed by atoms with Gasteiger partial charge in [0.2, 0.25) is 0 Å². The maximum absolute atomic E-state index is 12.8. The SMILES string of the molecule is CCC(C)(C)C1CCc2c(sc(N)c2C(=O)Nc2cccc(C)c2)C1. The summed E-state index contributed by atoms with van der Waals surface area (Å²) in [6.45, 7) is 8.99. The topological polar surface area (TPSA) is 55.1 Å². The third-order valence-corrected chi connectivity index (χ3v) is 6.90. The van der Waals surface area contributed by atoms with Crippen molar-refractivity contribution in [3.05, 3.63) is 45.8 Å². The van der Waals surface area contributed by atoms with Crippen molar-refractivity contribution in [2.45, 2.75) is 53.4 Å². The van der Waals surface area contributed by atoms with Crippen LogP contribution in [0.1, 0.15) is 60.0 Å². The first kappa shape index (κ1) is 18.0. The average Bonchev–Trinajstić information content (AvgIpc) is 2.89. The molecule has 4 heteroatoms. The molecule has 134 valence electrons. The number of rotatable bonds is 4. The molecule has 1 unspecified atom stereocenters. The van der Waals surface area contributed by atoms with E-state index in [9.17, 15) is 4.79 Å². The molecule has 0 radical (unpaired) electrons. The summed E-state index contributed by atoms with van der Waals surface area (Å²) in [7, 11) is 0. The highest BCUT2D eigenvalue weighted by Gasteiger charge is 2.34. The van der Waals surface area contributed by atoms with Crippen molar-refractivity contribution < 1.29 is 4.79 Å². The molecule has 3 rings (SSSR count). The Morgan fingerprint density at radius 1 is 1.40 bits per heavy atom. The Bertz CT molecular complexity index is 791. The lowest BCUT2D eigenvalue weighted by molar-refractivity contribution is 0.102. The number of nitrogens with one attached hydrogen (secondary N) is 1. The van der Waals surface area contributed by atoms with Crippen LogP contribution in [0.5, 0.6) is 0 Å². The Kier molecular flexibility index (Phi) is 4.92. The number of carbonyl (C=O) groups excluding carboxylic acids is 1. The normalized spacial score (nSPS) is 17.2. The maximum Gasteiger partial charge on any atom is 0.258 e. The first-order valence-corrected chi connectivity index (χ1v) is 9.91. The number of nitrogen functional groups attached to an aromatic ring is 1. The number of hydrogen-bond acceptors (Lipinski definition) is 3. The summed E-state index contributed by atoms with van der Waals surface area (Å²) in [6.07, 6.45) is 4.31. The molecule has 0 saturated carbocycles. The fraction of sp³-hybridized carbons (Fsp3) is 0.476. The second kappa shape index (κ2) is 6.83.